The number of amides is 2. The molecule has 2 amide bonds. The molecule has 4 aromatic rings. The molecule has 184 valence electrons. The van der Waals surface area contributed by atoms with Gasteiger partial charge >= 0.3 is 0 Å². The van der Waals surface area contributed by atoms with E-state index < -0.39 is 0 Å². The molecular formula is C27H29N7O2. The van der Waals surface area contributed by atoms with Crippen LogP contribution in [0.15, 0.2) is 66.7 Å². The molecule has 9 heteroatoms. The van der Waals surface area contributed by atoms with Crippen molar-refractivity contribution in [3.8, 4) is 11.3 Å². The van der Waals surface area contributed by atoms with E-state index in [1.165, 1.54) is 6.92 Å². The van der Waals surface area contributed by atoms with Crippen molar-refractivity contribution in [2.75, 3.05) is 30.3 Å². The van der Waals surface area contributed by atoms with E-state index in [0.29, 0.717) is 29.6 Å². The summed E-state index contributed by atoms with van der Waals surface area (Å²) in [5, 5.41) is 17.1. The molecule has 0 radical (unpaired) electrons. The van der Waals surface area contributed by atoms with Crippen LogP contribution in [0, 0.1) is 5.92 Å². The maximum Gasteiger partial charge on any atom is 0.251 e. The summed E-state index contributed by atoms with van der Waals surface area (Å²) in [5.41, 5.74) is 4.57. The van der Waals surface area contributed by atoms with E-state index in [1.807, 2.05) is 54.6 Å². The molecule has 1 fully saturated rings. The maximum absolute atomic E-state index is 12.5. The van der Waals surface area contributed by atoms with E-state index in [4.69, 9.17) is 0 Å². The molecule has 5 rings (SSSR count). The lowest BCUT2D eigenvalue weighted by atomic mass is 9.98. The molecule has 3 heterocycles. The van der Waals surface area contributed by atoms with E-state index in [0.717, 1.165) is 48.6 Å². The third kappa shape index (κ3) is 5.52. The van der Waals surface area contributed by atoms with Crippen molar-refractivity contribution in [3.05, 3.63) is 72.3 Å². The van der Waals surface area contributed by atoms with Crippen LogP contribution in [0.25, 0.3) is 16.9 Å². The number of nitrogens with zero attached hydrogens (tertiary/aromatic N) is 3. The van der Waals surface area contributed by atoms with Gasteiger partial charge in [-0.2, -0.15) is 4.98 Å². The zero-order chi connectivity index (χ0) is 24.9. The average molecular weight is 484 g/mol. The average Bonchev–Trinajstić information content (AvgIpc) is 3.30. The summed E-state index contributed by atoms with van der Waals surface area (Å²) in [6, 6.07) is 20.7. The number of piperidine rings is 1. The normalized spacial score (nSPS) is 13.9. The maximum atomic E-state index is 12.5. The quantitative estimate of drug-likeness (QED) is 0.318. The Morgan fingerprint density at radius 2 is 1.78 bits per heavy atom. The van der Waals surface area contributed by atoms with E-state index in [9.17, 15) is 9.59 Å². The molecule has 36 heavy (non-hydrogen) atoms. The van der Waals surface area contributed by atoms with Crippen LogP contribution in [0.4, 0.5) is 17.3 Å². The molecule has 1 saturated heterocycles. The molecule has 2 aromatic heterocycles. The smallest absolute Gasteiger partial charge is 0.251 e. The highest BCUT2D eigenvalue weighted by molar-refractivity contribution is 5.94. The van der Waals surface area contributed by atoms with E-state index >= 15 is 0 Å². The van der Waals surface area contributed by atoms with E-state index in [2.05, 4.69) is 31.3 Å². The Bertz CT molecular complexity index is 1370. The number of benzene rings is 2. The minimum absolute atomic E-state index is 0.0583. The van der Waals surface area contributed by atoms with Crippen LogP contribution in [-0.2, 0) is 4.79 Å². The van der Waals surface area contributed by atoms with Crippen LogP contribution in [-0.4, -0.2) is 46.0 Å². The molecule has 1 aliphatic heterocycles. The second kappa shape index (κ2) is 10.6. The first-order chi connectivity index (χ1) is 17.5. The molecule has 0 atom stereocenters. The van der Waals surface area contributed by atoms with Crippen molar-refractivity contribution in [1.29, 1.82) is 0 Å². The van der Waals surface area contributed by atoms with Crippen molar-refractivity contribution >= 4 is 34.8 Å². The first-order valence-corrected chi connectivity index (χ1v) is 12.1. The molecule has 0 unspecified atom stereocenters. The number of aromatic nitrogens is 3. The standard InChI is InChI=1S/C27H29N7O2/c1-18(35)30-23-5-2-4-21(16-23)24-6-3-7-25-32-27(33-34(24)25)31-22-10-8-20(9-11-22)26(36)29-17-19-12-14-28-15-13-19/h2-11,16,19,28H,12-15,17H2,1H3,(H,29,36)(H,30,35)(H,31,33). The highest BCUT2D eigenvalue weighted by Gasteiger charge is 2.15. The third-order valence-corrected chi connectivity index (χ3v) is 6.25. The first-order valence-electron chi connectivity index (χ1n) is 12.1. The Kier molecular flexibility index (Phi) is 6.90. The molecule has 9 nitrogen and oxygen atoms in total. The lowest BCUT2D eigenvalue weighted by Gasteiger charge is -2.22. The Labute approximate surface area is 209 Å². The van der Waals surface area contributed by atoms with Crippen molar-refractivity contribution in [2.24, 2.45) is 5.92 Å². The fraction of sp³-hybridized carbons (Fsp3) is 0.259. The molecule has 0 bridgehead atoms. The molecule has 1 aliphatic rings. The summed E-state index contributed by atoms with van der Waals surface area (Å²) >= 11 is 0. The van der Waals surface area contributed by atoms with Crippen LogP contribution in [0.2, 0.25) is 0 Å². The van der Waals surface area contributed by atoms with Gasteiger partial charge in [-0.3, -0.25) is 9.59 Å². The second-order valence-corrected chi connectivity index (χ2v) is 8.98. The summed E-state index contributed by atoms with van der Waals surface area (Å²) in [7, 11) is 0. The number of pyridine rings is 1. The van der Waals surface area contributed by atoms with Gasteiger partial charge in [-0.15, -0.1) is 5.10 Å². The number of hydrogen-bond donors (Lipinski definition) is 4. The summed E-state index contributed by atoms with van der Waals surface area (Å²) in [5.74, 6) is 0.804. The van der Waals surface area contributed by atoms with Crippen molar-refractivity contribution in [1.82, 2.24) is 25.2 Å². The Hall–Kier alpha value is -4.24. The van der Waals surface area contributed by atoms with Gasteiger partial charge in [-0.1, -0.05) is 18.2 Å². The van der Waals surface area contributed by atoms with Crippen molar-refractivity contribution < 1.29 is 9.59 Å². The van der Waals surface area contributed by atoms with Crippen molar-refractivity contribution in [2.45, 2.75) is 19.8 Å². The van der Waals surface area contributed by atoms with Crippen LogP contribution in [0.5, 0.6) is 0 Å². The van der Waals surface area contributed by atoms with E-state index in [-0.39, 0.29) is 11.8 Å². The third-order valence-electron chi connectivity index (χ3n) is 6.25. The Balaban J connectivity index is 1.28. The van der Waals surface area contributed by atoms with Gasteiger partial charge in [0.2, 0.25) is 11.9 Å². The monoisotopic (exact) mass is 483 g/mol. The molecule has 0 aliphatic carbocycles. The lowest BCUT2D eigenvalue weighted by Crippen LogP contribution is -2.35. The molecule has 4 N–H and O–H groups in total. The van der Waals surface area contributed by atoms with Crippen LogP contribution in [0.3, 0.4) is 0 Å². The number of rotatable bonds is 7. The molecule has 2 aromatic carbocycles. The summed E-state index contributed by atoms with van der Waals surface area (Å²) < 4.78 is 1.76. The topological polar surface area (TPSA) is 112 Å². The minimum Gasteiger partial charge on any atom is -0.352 e. The number of anilines is 3. The lowest BCUT2D eigenvalue weighted by molar-refractivity contribution is -0.114. The zero-order valence-electron chi connectivity index (χ0n) is 20.1. The van der Waals surface area contributed by atoms with Gasteiger partial charge < -0.3 is 21.3 Å². The first kappa shape index (κ1) is 23.5. The number of fused-ring (bicyclic) bond motifs is 1. The predicted molar refractivity (Wildman–Crippen MR) is 140 cm³/mol. The molecule has 0 spiro atoms. The molecular weight excluding hydrogens is 454 g/mol. The highest BCUT2D eigenvalue weighted by Crippen LogP contribution is 2.24. The van der Waals surface area contributed by atoms with Gasteiger partial charge in [0.15, 0.2) is 5.65 Å². The fourth-order valence-corrected chi connectivity index (χ4v) is 4.40. The van der Waals surface area contributed by atoms with Gasteiger partial charge in [0.25, 0.3) is 5.91 Å². The minimum atomic E-state index is -0.122. The molecule has 0 saturated carbocycles. The van der Waals surface area contributed by atoms with Gasteiger partial charge in [-0.05, 0) is 80.4 Å². The van der Waals surface area contributed by atoms with Gasteiger partial charge in [-0.25, -0.2) is 4.52 Å². The number of carbonyl (C=O) groups excluding carboxylic acids is 2. The Morgan fingerprint density at radius 1 is 1.00 bits per heavy atom. The van der Waals surface area contributed by atoms with Crippen LogP contribution < -0.4 is 21.3 Å². The largest absolute Gasteiger partial charge is 0.352 e. The number of hydrogen-bond acceptors (Lipinski definition) is 6. The second-order valence-electron chi connectivity index (χ2n) is 8.98. The van der Waals surface area contributed by atoms with Gasteiger partial charge in [0, 0.05) is 36.0 Å². The van der Waals surface area contributed by atoms with Gasteiger partial charge in [0.1, 0.15) is 0 Å². The van der Waals surface area contributed by atoms with Crippen molar-refractivity contribution in [3.63, 3.8) is 0 Å². The number of carbonyl (C=O) groups is 2. The zero-order valence-corrected chi connectivity index (χ0v) is 20.1. The Morgan fingerprint density at radius 3 is 2.56 bits per heavy atom. The summed E-state index contributed by atoms with van der Waals surface area (Å²) in [4.78, 5) is 28.6. The summed E-state index contributed by atoms with van der Waals surface area (Å²) in [6.45, 7) is 4.23. The predicted octanol–water partition coefficient (Wildman–Crippen LogP) is 3.83. The van der Waals surface area contributed by atoms with Crippen LogP contribution in [0.1, 0.15) is 30.1 Å². The van der Waals surface area contributed by atoms with E-state index in [1.54, 1.807) is 16.6 Å². The fourth-order valence-electron chi connectivity index (χ4n) is 4.40. The summed E-state index contributed by atoms with van der Waals surface area (Å²) in [6.07, 6.45) is 2.19. The highest BCUT2D eigenvalue weighted by atomic mass is 16.2. The SMILES string of the molecule is CC(=O)Nc1cccc(-c2cccc3nc(Nc4ccc(C(=O)NCC5CCNCC5)cc4)nn23)c1. The number of nitrogens with one attached hydrogen (secondary N) is 4. The van der Waals surface area contributed by atoms with Crippen LogP contribution >= 0.6 is 0 Å². The van der Waals surface area contributed by atoms with Gasteiger partial charge in [0.05, 0.1) is 5.69 Å².